The molecule has 0 atom stereocenters. The first-order valence-corrected chi connectivity index (χ1v) is 8.08. The molecule has 1 fully saturated rings. The summed E-state index contributed by atoms with van der Waals surface area (Å²) >= 11 is 0. The molecule has 1 saturated heterocycles. The Balaban J connectivity index is 2.27. The zero-order valence-electron chi connectivity index (χ0n) is 15.5. The van der Waals surface area contributed by atoms with Crippen molar-refractivity contribution in [3.05, 3.63) is 29.3 Å². The standard InChI is InChI=1S/C18H20N2O7/c1-5-26-15(21)10-27-13-7-6-11(9-14(13)25-4)8-12-16(22)19(2)18(24)20(3)17(12)23/h6-9H,5,10H2,1-4H3. The lowest BCUT2D eigenvalue weighted by molar-refractivity contribution is -0.145. The van der Waals surface area contributed by atoms with Gasteiger partial charge in [-0.25, -0.2) is 9.59 Å². The molecule has 0 unspecified atom stereocenters. The van der Waals surface area contributed by atoms with E-state index in [2.05, 4.69) is 0 Å². The molecule has 1 aliphatic heterocycles. The van der Waals surface area contributed by atoms with Crippen molar-refractivity contribution in [2.75, 3.05) is 34.4 Å². The van der Waals surface area contributed by atoms with Crippen LogP contribution in [0.1, 0.15) is 12.5 Å². The van der Waals surface area contributed by atoms with Gasteiger partial charge in [0.2, 0.25) is 0 Å². The molecule has 0 aliphatic carbocycles. The third-order valence-electron chi connectivity index (χ3n) is 3.79. The predicted molar refractivity (Wildman–Crippen MR) is 94.0 cm³/mol. The molecule has 9 heteroatoms. The molecule has 1 heterocycles. The molecule has 27 heavy (non-hydrogen) atoms. The van der Waals surface area contributed by atoms with E-state index in [0.29, 0.717) is 17.1 Å². The van der Waals surface area contributed by atoms with E-state index in [-0.39, 0.29) is 18.8 Å². The summed E-state index contributed by atoms with van der Waals surface area (Å²) in [4.78, 5) is 49.4. The second-order valence-electron chi connectivity index (χ2n) is 5.57. The molecule has 0 bridgehead atoms. The average Bonchev–Trinajstić information content (AvgIpc) is 2.67. The van der Waals surface area contributed by atoms with Gasteiger partial charge in [0.1, 0.15) is 5.57 Å². The Bertz CT molecular complexity index is 790. The Kier molecular flexibility index (Phi) is 6.17. The van der Waals surface area contributed by atoms with Crippen molar-refractivity contribution in [3.63, 3.8) is 0 Å². The van der Waals surface area contributed by atoms with Crippen LogP contribution in [0.2, 0.25) is 0 Å². The van der Waals surface area contributed by atoms with Gasteiger partial charge in [-0.3, -0.25) is 19.4 Å². The number of ether oxygens (including phenoxy) is 3. The van der Waals surface area contributed by atoms with Gasteiger partial charge in [-0.2, -0.15) is 0 Å². The van der Waals surface area contributed by atoms with Gasteiger partial charge in [-0.05, 0) is 30.7 Å². The Morgan fingerprint density at radius 3 is 2.26 bits per heavy atom. The van der Waals surface area contributed by atoms with E-state index in [1.807, 2.05) is 0 Å². The SMILES string of the molecule is CCOC(=O)COc1ccc(C=C2C(=O)N(C)C(=O)N(C)C2=O)cc1OC. The minimum absolute atomic E-state index is 0.151. The van der Waals surface area contributed by atoms with Crippen molar-refractivity contribution in [1.29, 1.82) is 0 Å². The average molecular weight is 376 g/mol. The number of rotatable bonds is 6. The fourth-order valence-corrected chi connectivity index (χ4v) is 2.37. The van der Waals surface area contributed by atoms with Crippen LogP contribution in [-0.4, -0.2) is 68.0 Å². The number of methoxy groups -OCH3 is 1. The summed E-state index contributed by atoms with van der Waals surface area (Å²) in [5.74, 6) is -1.28. The van der Waals surface area contributed by atoms with Gasteiger partial charge >= 0.3 is 12.0 Å². The lowest BCUT2D eigenvalue weighted by Crippen LogP contribution is -2.52. The minimum Gasteiger partial charge on any atom is -0.493 e. The number of amides is 4. The monoisotopic (exact) mass is 376 g/mol. The van der Waals surface area contributed by atoms with Gasteiger partial charge in [-0.1, -0.05) is 6.07 Å². The van der Waals surface area contributed by atoms with Crippen LogP contribution in [-0.2, 0) is 19.1 Å². The predicted octanol–water partition coefficient (Wildman–Crippen LogP) is 1.07. The lowest BCUT2D eigenvalue weighted by Gasteiger charge is -2.28. The minimum atomic E-state index is -0.692. The molecular weight excluding hydrogens is 356 g/mol. The molecule has 4 amide bonds. The molecule has 1 aromatic rings. The maximum atomic E-state index is 12.2. The van der Waals surface area contributed by atoms with Crippen molar-refractivity contribution >= 4 is 29.9 Å². The molecule has 144 valence electrons. The van der Waals surface area contributed by atoms with E-state index in [1.54, 1.807) is 25.1 Å². The number of carbonyl (C=O) groups excluding carboxylic acids is 4. The quantitative estimate of drug-likeness (QED) is 0.416. The van der Waals surface area contributed by atoms with Crippen molar-refractivity contribution in [2.45, 2.75) is 6.92 Å². The van der Waals surface area contributed by atoms with Crippen molar-refractivity contribution in [2.24, 2.45) is 0 Å². The van der Waals surface area contributed by atoms with E-state index in [1.165, 1.54) is 27.3 Å². The van der Waals surface area contributed by atoms with Gasteiger partial charge in [0.05, 0.1) is 13.7 Å². The van der Waals surface area contributed by atoms with Crippen molar-refractivity contribution in [3.8, 4) is 11.5 Å². The third kappa shape index (κ3) is 4.25. The summed E-state index contributed by atoms with van der Waals surface area (Å²) in [5, 5.41) is 0. The maximum Gasteiger partial charge on any atom is 0.344 e. The van der Waals surface area contributed by atoms with Crippen LogP contribution in [0.5, 0.6) is 11.5 Å². The van der Waals surface area contributed by atoms with Crippen LogP contribution < -0.4 is 9.47 Å². The van der Waals surface area contributed by atoms with Gasteiger partial charge in [0.15, 0.2) is 18.1 Å². The molecule has 0 N–H and O–H groups in total. The number of carbonyl (C=O) groups is 4. The normalized spacial score (nSPS) is 14.4. The van der Waals surface area contributed by atoms with Crippen molar-refractivity contribution in [1.82, 2.24) is 9.80 Å². The van der Waals surface area contributed by atoms with Gasteiger partial charge in [0, 0.05) is 14.1 Å². The number of likely N-dealkylation sites (N-methyl/N-ethyl adjacent to an activating group) is 2. The van der Waals surface area contributed by atoms with Gasteiger partial charge in [0.25, 0.3) is 11.8 Å². The molecule has 1 aliphatic rings. The molecule has 0 aromatic heterocycles. The second kappa shape index (κ2) is 8.35. The first-order valence-electron chi connectivity index (χ1n) is 8.08. The number of imide groups is 2. The highest BCUT2D eigenvalue weighted by atomic mass is 16.6. The fourth-order valence-electron chi connectivity index (χ4n) is 2.37. The van der Waals surface area contributed by atoms with Gasteiger partial charge < -0.3 is 14.2 Å². The number of benzene rings is 1. The smallest absolute Gasteiger partial charge is 0.344 e. The van der Waals surface area contributed by atoms with Crippen LogP contribution in [0.3, 0.4) is 0 Å². The molecule has 0 saturated carbocycles. The summed E-state index contributed by atoms with van der Waals surface area (Å²) in [6.07, 6.45) is 1.36. The molecule has 1 aromatic carbocycles. The highest BCUT2D eigenvalue weighted by molar-refractivity contribution is 6.30. The molecule has 0 radical (unpaired) electrons. The zero-order valence-corrected chi connectivity index (χ0v) is 15.5. The third-order valence-corrected chi connectivity index (χ3v) is 3.79. The molecule has 9 nitrogen and oxygen atoms in total. The highest BCUT2D eigenvalue weighted by Crippen LogP contribution is 2.29. The van der Waals surface area contributed by atoms with E-state index in [0.717, 1.165) is 9.80 Å². The van der Waals surface area contributed by atoms with Crippen LogP contribution in [0.25, 0.3) is 6.08 Å². The van der Waals surface area contributed by atoms with E-state index >= 15 is 0 Å². The number of hydrogen-bond donors (Lipinski definition) is 0. The summed E-state index contributed by atoms with van der Waals surface area (Å²) in [6.45, 7) is 1.66. The Morgan fingerprint density at radius 1 is 1.07 bits per heavy atom. The molecule has 0 spiro atoms. The Hall–Kier alpha value is -3.36. The second-order valence-corrected chi connectivity index (χ2v) is 5.57. The van der Waals surface area contributed by atoms with E-state index < -0.39 is 23.8 Å². The van der Waals surface area contributed by atoms with Gasteiger partial charge in [-0.15, -0.1) is 0 Å². The number of barbiturate groups is 1. The summed E-state index contributed by atoms with van der Waals surface area (Å²) in [5.41, 5.74) is 0.338. The van der Waals surface area contributed by atoms with Crippen molar-refractivity contribution < 1.29 is 33.4 Å². The Labute approximate surface area is 156 Å². The number of urea groups is 1. The van der Waals surface area contributed by atoms with E-state index in [4.69, 9.17) is 14.2 Å². The lowest BCUT2D eigenvalue weighted by atomic mass is 10.1. The topological polar surface area (TPSA) is 102 Å². The van der Waals surface area contributed by atoms with Crippen LogP contribution in [0.4, 0.5) is 4.79 Å². The largest absolute Gasteiger partial charge is 0.493 e. The van der Waals surface area contributed by atoms with E-state index in [9.17, 15) is 19.2 Å². The summed E-state index contributed by atoms with van der Waals surface area (Å²) in [7, 11) is 4.02. The first kappa shape index (κ1) is 20.0. The fraction of sp³-hybridized carbons (Fsp3) is 0.333. The first-order chi connectivity index (χ1) is 12.8. The van der Waals surface area contributed by atoms with Crippen LogP contribution >= 0.6 is 0 Å². The Morgan fingerprint density at radius 2 is 1.70 bits per heavy atom. The maximum absolute atomic E-state index is 12.2. The molecule has 2 rings (SSSR count). The summed E-state index contributed by atoms with van der Waals surface area (Å²) < 4.78 is 15.4. The number of nitrogens with zero attached hydrogens (tertiary/aromatic N) is 2. The summed E-state index contributed by atoms with van der Waals surface area (Å²) in [6, 6.07) is 3.99. The van der Waals surface area contributed by atoms with Crippen LogP contribution in [0.15, 0.2) is 23.8 Å². The number of esters is 1. The molecular formula is C18H20N2O7. The zero-order chi connectivity index (χ0) is 20.1. The number of hydrogen-bond acceptors (Lipinski definition) is 7. The highest BCUT2D eigenvalue weighted by Gasteiger charge is 2.37. The van der Waals surface area contributed by atoms with Crippen LogP contribution in [0, 0.1) is 0 Å².